The Morgan fingerprint density at radius 2 is 2.05 bits per heavy atom. The van der Waals surface area contributed by atoms with Crippen molar-refractivity contribution in [1.82, 2.24) is 10.4 Å². The summed E-state index contributed by atoms with van der Waals surface area (Å²) >= 11 is 3.19. The fraction of sp³-hybridized carbons (Fsp3) is 0.214. The SMILES string of the molecule is NNC(Cc1cccnc1)Cc1ccc(F)c(Br)c1. The first kappa shape index (κ1) is 14.1. The number of hydrazine groups is 1. The Labute approximate surface area is 120 Å². The second-order valence-corrected chi connectivity index (χ2v) is 5.24. The molecular weight excluding hydrogens is 309 g/mol. The third kappa shape index (κ3) is 4.09. The lowest BCUT2D eigenvalue weighted by Gasteiger charge is -2.16. The normalized spacial score (nSPS) is 12.4. The molecule has 0 bridgehead atoms. The number of halogens is 2. The molecule has 0 amide bonds. The summed E-state index contributed by atoms with van der Waals surface area (Å²) in [5.74, 6) is 5.32. The second kappa shape index (κ2) is 6.75. The van der Waals surface area contributed by atoms with E-state index in [1.165, 1.54) is 6.07 Å². The topological polar surface area (TPSA) is 50.9 Å². The van der Waals surface area contributed by atoms with Crippen molar-refractivity contribution in [2.45, 2.75) is 18.9 Å². The minimum atomic E-state index is -0.256. The Hall–Kier alpha value is -1.30. The second-order valence-electron chi connectivity index (χ2n) is 4.38. The Morgan fingerprint density at radius 3 is 2.68 bits per heavy atom. The quantitative estimate of drug-likeness (QED) is 0.657. The molecule has 0 spiro atoms. The van der Waals surface area contributed by atoms with Crippen molar-refractivity contribution in [3.8, 4) is 0 Å². The Balaban J connectivity index is 2.04. The molecule has 0 aliphatic carbocycles. The zero-order chi connectivity index (χ0) is 13.7. The predicted molar refractivity (Wildman–Crippen MR) is 76.9 cm³/mol. The third-order valence-electron chi connectivity index (χ3n) is 2.91. The van der Waals surface area contributed by atoms with Crippen LogP contribution in [0.1, 0.15) is 11.1 Å². The highest BCUT2D eigenvalue weighted by atomic mass is 79.9. The Kier molecular flexibility index (Phi) is 5.01. The van der Waals surface area contributed by atoms with Crippen LogP contribution in [-0.2, 0) is 12.8 Å². The molecule has 1 aromatic carbocycles. The van der Waals surface area contributed by atoms with Crippen LogP contribution in [0.25, 0.3) is 0 Å². The van der Waals surface area contributed by atoms with Crippen molar-refractivity contribution in [3.05, 3.63) is 64.1 Å². The van der Waals surface area contributed by atoms with Gasteiger partial charge in [-0.1, -0.05) is 12.1 Å². The summed E-state index contributed by atoms with van der Waals surface area (Å²) in [4.78, 5) is 4.08. The maximum atomic E-state index is 13.2. The smallest absolute Gasteiger partial charge is 0.137 e. The standard InChI is InChI=1S/C14H15BrFN3/c15-13-8-10(3-4-14(13)16)6-12(19-17)7-11-2-1-5-18-9-11/h1-5,8-9,12,19H,6-7,17H2. The molecule has 0 aliphatic rings. The van der Waals surface area contributed by atoms with E-state index in [-0.39, 0.29) is 11.9 Å². The maximum absolute atomic E-state index is 13.2. The van der Waals surface area contributed by atoms with Crippen molar-refractivity contribution < 1.29 is 4.39 Å². The van der Waals surface area contributed by atoms with Crippen LogP contribution in [-0.4, -0.2) is 11.0 Å². The lowest BCUT2D eigenvalue weighted by atomic mass is 10.0. The van der Waals surface area contributed by atoms with E-state index in [1.54, 1.807) is 18.3 Å². The van der Waals surface area contributed by atoms with E-state index in [0.29, 0.717) is 4.47 Å². The molecule has 100 valence electrons. The Bertz CT molecular complexity index is 533. The van der Waals surface area contributed by atoms with E-state index >= 15 is 0 Å². The molecule has 0 saturated heterocycles. The summed E-state index contributed by atoms with van der Waals surface area (Å²) in [5, 5.41) is 0. The molecule has 3 nitrogen and oxygen atoms in total. The molecule has 1 atom stereocenters. The lowest BCUT2D eigenvalue weighted by Crippen LogP contribution is -2.38. The molecule has 1 aromatic heterocycles. The summed E-state index contributed by atoms with van der Waals surface area (Å²) in [5.41, 5.74) is 4.94. The largest absolute Gasteiger partial charge is 0.271 e. The number of hydrogen-bond acceptors (Lipinski definition) is 3. The van der Waals surface area contributed by atoms with Crippen LogP contribution < -0.4 is 11.3 Å². The summed E-state index contributed by atoms with van der Waals surface area (Å²) in [6.07, 6.45) is 5.07. The van der Waals surface area contributed by atoms with Gasteiger partial charge in [-0.15, -0.1) is 0 Å². The molecular formula is C14H15BrFN3. The van der Waals surface area contributed by atoms with Crippen LogP contribution in [0.4, 0.5) is 4.39 Å². The van der Waals surface area contributed by atoms with Gasteiger partial charge in [0.2, 0.25) is 0 Å². The lowest BCUT2D eigenvalue weighted by molar-refractivity contribution is 0.521. The summed E-state index contributed by atoms with van der Waals surface area (Å²) in [6.45, 7) is 0. The van der Waals surface area contributed by atoms with E-state index < -0.39 is 0 Å². The van der Waals surface area contributed by atoms with E-state index in [2.05, 4.69) is 26.3 Å². The monoisotopic (exact) mass is 323 g/mol. The van der Waals surface area contributed by atoms with Crippen molar-refractivity contribution in [2.75, 3.05) is 0 Å². The average molecular weight is 324 g/mol. The van der Waals surface area contributed by atoms with Crippen LogP contribution in [0.5, 0.6) is 0 Å². The first-order valence-corrected chi connectivity index (χ1v) is 6.77. The van der Waals surface area contributed by atoms with E-state index in [4.69, 9.17) is 5.84 Å². The van der Waals surface area contributed by atoms with Gasteiger partial charge < -0.3 is 0 Å². The predicted octanol–water partition coefficient (Wildman–Crippen LogP) is 2.60. The minimum Gasteiger partial charge on any atom is -0.271 e. The van der Waals surface area contributed by atoms with Crippen LogP contribution in [0.3, 0.4) is 0 Å². The van der Waals surface area contributed by atoms with Crippen LogP contribution in [0.2, 0.25) is 0 Å². The minimum absolute atomic E-state index is 0.0848. The average Bonchev–Trinajstić information content (AvgIpc) is 2.43. The van der Waals surface area contributed by atoms with E-state index in [1.807, 2.05) is 18.3 Å². The number of rotatable bonds is 5. The fourth-order valence-electron chi connectivity index (χ4n) is 1.94. The number of nitrogens with zero attached hydrogens (tertiary/aromatic N) is 1. The molecule has 2 rings (SSSR count). The zero-order valence-corrected chi connectivity index (χ0v) is 11.9. The third-order valence-corrected chi connectivity index (χ3v) is 3.51. The summed E-state index contributed by atoms with van der Waals surface area (Å²) in [6, 6.07) is 9.00. The number of benzene rings is 1. The van der Waals surface area contributed by atoms with E-state index in [9.17, 15) is 4.39 Å². The van der Waals surface area contributed by atoms with Gasteiger partial charge in [0.1, 0.15) is 5.82 Å². The highest BCUT2D eigenvalue weighted by Gasteiger charge is 2.10. The van der Waals surface area contributed by atoms with Crippen molar-refractivity contribution in [1.29, 1.82) is 0 Å². The number of nitrogens with one attached hydrogen (secondary N) is 1. The van der Waals surface area contributed by atoms with Gasteiger partial charge in [-0.05, 0) is 58.1 Å². The first-order valence-electron chi connectivity index (χ1n) is 5.98. The van der Waals surface area contributed by atoms with Crippen molar-refractivity contribution >= 4 is 15.9 Å². The molecule has 0 aliphatic heterocycles. The van der Waals surface area contributed by atoms with Gasteiger partial charge >= 0.3 is 0 Å². The van der Waals surface area contributed by atoms with Crippen LogP contribution >= 0.6 is 15.9 Å². The highest BCUT2D eigenvalue weighted by molar-refractivity contribution is 9.10. The highest BCUT2D eigenvalue weighted by Crippen LogP contribution is 2.18. The molecule has 1 unspecified atom stereocenters. The number of pyridine rings is 1. The van der Waals surface area contributed by atoms with Crippen molar-refractivity contribution in [2.24, 2.45) is 5.84 Å². The molecule has 2 aromatic rings. The van der Waals surface area contributed by atoms with Gasteiger partial charge in [0.15, 0.2) is 0 Å². The molecule has 0 saturated carbocycles. The number of nitrogens with two attached hydrogens (primary N) is 1. The molecule has 3 N–H and O–H groups in total. The van der Waals surface area contributed by atoms with Gasteiger partial charge in [-0.25, -0.2) is 4.39 Å². The summed E-state index contributed by atoms with van der Waals surface area (Å²) in [7, 11) is 0. The fourth-order valence-corrected chi connectivity index (χ4v) is 2.37. The van der Waals surface area contributed by atoms with E-state index in [0.717, 1.165) is 24.0 Å². The maximum Gasteiger partial charge on any atom is 0.137 e. The molecule has 0 fully saturated rings. The summed E-state index contributed by atoms with van der Waals surface area (Å²) < 4.78 is 13.6. The van der Waals surface area contributed by atoms with Crippen LogP contribution in [0.15, 0.2) is 47.2 Å². The molecule has 0 radical (unpaired) electrons. The Morgan fingerprint density at radius 1 is 1.26 bits per heavy atom. The van der Waals surface area contributed by atoms with Crippen LogP contribution in [0, 0.1) is 5.82 Å². The molecule has 1 heterocycles. The first-order chi connectivity index (χ1) is 9.19. The van der Waals surface area contributed by atoms with Gasteiger partial charge in [0.05, 0.1) is 4.47 Å². The van der Waals surface area contributed by atoms with Gasteiger partial charge in [0.25, 0.3) is 0 Å². The van der Waals surface area contributed by atoms with Crippen molar-refractivity contribution in [3.63, 3.8) is 0 Å². The number of aromatic nitrogens is 1. The van der Waals surface area contributed by atoms with Gasteiger partial charge in [-0.2, -0.15) is 0 Å². The molecule has 5 heteroatoms. The van der Waals surface area contributed by atoms with Gasteiger partial charge in [0, 0.05) is 18.4 Å². The van der Waals surface area contributed by atoms with Gasteiger partial charge in [-0.3, -0.25) is 16.3 Å². The zero-order valence-electron chi connectivity index (χ0n) is 10.3. The number of hydrogen-bond donors (Lipinski definition) is 2. The molecule has 19 heavy (non-hydrogen) atoms.